The standard InChI is InChI=1S/C28H20F4N2O5/c1-39-27(38)24(11-15-5-8-19(29)9-6-15)34-25(35)23-14-21(26(36)37)20-13-17(7-10-22(20)33-23)16-3-2-4-18(12-16)28(30,31)32/h2-10,12-14,24H,11H2,1H3,(H,34,35)(H,36,37). The van der Waals surface area contributed by atoms with Crippen molar-refractivity contribution in [1.29, 1.82) is 0 Å². The van der Waals surface area contributed by atoms with Gasteiger partial charge < -0.3 is 15.2 Å². The Hall–Kier alpha value is -4.80. The molecule has 2 N–H and O–H groups in total. The van der Waals surface area contributed by atoms with Crippen molar-refractivity contribution in [3.8, 4) is 11.1 Å². The lowest BCUT2D eigenvalue weighted by Gasteiger charge is -2.17. The zero-order valence-electron chi connectivity index (χ0n) is 20.3. The maximum absolute atomic E-state index is 13.2. The monoisotopic (exact) mass is 540 g/mol. The molecule has 1 unspecified atom stereocenters. The Balaban J connectivity index is 1.68. The van der Waals surface area contributed by atoms with Crippen LogP contribution in [0.1, 0.15) is 32.0 Å². The predicted molar refractivity (Wildman–Crippen MR) is 133 cm³/mol. The minimum atomic E-state index is -4.55. The summed E-state index contributed by atoms with van der Waals surface area (Å²) in [4.78, 5) is 41.6. The van der Waals surface area contributed by atoms with Crippen LogP contribution in [0.2, 0.25) is 0 Å². The molecule has 200 valence electrons. The zero-order chi connectivity index (χ0) is 28.3. The summed E-state index contributed by atoms with van der Waals surface area (Å²) in [7, 11) is 1.13. The van der Waals surface area contributed by atoms with E-state index in [0.29, 0.717) is 11.1 Å². The van der Waals surface area contributed by atoms with Crippen LogP contribution in [0.3, 0.4) is 0 Å². The van der Waals surface area contributed by atoms with E-state index >= 15 is 0 Å². The summed E-state index contributed by atoms with van der Waals surface area (Å²) >= 11 is 0. The largest absolute Gasteiger partial charge is 0.478 e. The second-order valence-corrected chi connectivity index (χ2v) is 8.55. The summed E-state index contributed by atoms with van der Waals surface area (Å²) in [6.45, 7) is 0. The molecule has 11 heteroatoms. The summed E-state index contributed by atoms with van der Waals surface area (Å²) in [5.41, 5.74) is -0.307. The minimum absolute atomic E-state index is 0.0294. The fourth-order valence-corrected chi connectivity index (χ4v) is 4.00. The van der Waals surface area contributed by atoms with E-state index in [9.17, 15) is 37.1 Å². The number of aromatic carboxylic acids is 1. The number of hydrogen-bond donors (Lipinski definition) is 2. The quantitative estimate of drug-likeness (QED) is 0.244. The van der Waals surface area contributed by atoms with Crippen molar-refractivity contribution in [2.24, 2.45) is 0 Å². The normalized spacial score (nSPS) is 12.1. The summed E-state index contributed by atoms with van der Waals surface area (Å²) in [6, 6.07) is 13.9. The Kier molecular flexibility index (Phi) is 7.61. The van der Waals surface area contributed by atoms with Crippen molar-refractivity contribution in [2.45, 2.75) is 18.6 Å². The number of aromatic nitrogens is 1. The number of fused-ring (bicyclic) bond motifs is 1. The van der Waals surface area contributed by atoms with Crippen LogP contribution in [-0.2, 0) is 22.1 Å². The van der Waals surface area contributed by atoms with Gasteiger partial charge in [-0.05, 0) is 59.2 Å². The number of ether oxygens (including phenoxy) is 1. The van der Waals surface area contributed by atoms with Crippen molar-refractivity contribution >= 4 is 28.7 Å². The van der Waals surface area contributed by atoms with Crippen LogP contribution >= 0.6 is 0 Å². The molecule has 0 fully saturated rings. The van der Waals surface area contributed by atoms with Gasteiger partial charge in [0.25, 0.3) is 5.91 Å². The van der Waals surface area contributed by atoms with Crippen LogP contribution in [0.5, 0.6) is 0 Å². The second kappa shape index (κ2) is 10.9. The summed E-state index contributed by atoms with van der Waals surface area (Å²) in [5.74, 6) is -3.51. The Morgan fingerprint density at radius 2 is 1.67 bits per heavy atom. The lowest BCUT2D eigenvalue weighted by molar-refractivity contribution is -0.143. The van der Waals surface area contributed by atoms with Crippen LogP contribution < -0.4 is 5.32 Å². The second-order valence-electron chi connectivity index (χ2n) is 8.55. The smallest absolute Gasteiger partial charge is 0.416 e. The topological polar surface area (TPSA) is 106 Å². The van der Waals surface area contributed by atoms with E-state index in [1.54, 1.807) is 0 Å². The number of hydrogen-bond acceptors (Lipinski definition) is 5. The third kappa shape index (κ3) is 6.20. The number of carboxylic acids is 1. The van der Waals surface area contributed by atoms with Gasteiger partial charge in [-0.25, -0.2) is 19.0 Å². The minimum Gasteiger partial charge on any atom is -0.478 e. The molecule has 4 aromatic rings. The van der Waals surface area contributed by atoms with Crippen molar-refractivity contribution in [1.82, 2.24) is 10.3 Å². The van der Waals surface area contributed by atoms with Crippen LogP contribution in [0, 0.1) is 5.82 Å². The SMILES string of the molecule is COC(=O)C(Cc1ccc(F)cc1)NC(=O)c1cc(C(=O)O)c2cc(-c3cccc(C(F)(F)F)c3)ccc2n1. The first kappa shape index (κ1) is 27.2. The highest BCUT2D eigenvalue weighted by Gasteiger charge is 2.30. The number of halogens is 4. The number of benzene rings is 3. The molecule has 3 aromatic carbocycles. The fraction of sp³-hybridized carbons (Fsp3) is 0.143. The number of nitrogens with zero attached hydrogens (tertiary/aromatic N) is 1. The highest BCUT2D eigenvalue weighted by molar-refractivity contribution is 6.07. The summed E-state index contributed by atoms with van der Waals surface area (Å²) in [6.07, 6.45) is -4.58. The lowest BCUT2D eigenvalue weighted by Crippen LogP contribution is -2.43. The molecule has 0 saturated carbocycles. The number of amides is 1. The molecule has 1 heterocycles. The third-order valence-electron chi connectivity index (χ3n) is 5.94. The first-order valence-corrected chi connectivity index (χ1v) is 11.4. The molecule has 0 aliphatic rings. The molecule has 1 amide bonds. The van der Waals surface area contributed by atoms with Crippen LogP contribution in [0.4, 0.5) is 17.6 Å². The number of methoxy groups -OCH3 is 1. The maximum Gasteiger partial charge on any atom is 0.416 e. The maximum atomic E-state index is 13.2. The molecule has 1 aromatic heterocycles. The van der Waals surface area contributed by atoms with E-state index in [4.69, 9.17) is 4.74 Å². The number of alkyl halides is 3. The van der Waals surface area contributed by atoms with E-state index in [2.05, 4.69) is 10.3 Å². The van der Waals surface area contributed by atoms with E-state index in [0.717, 1.165) is 25.3 Å². The number of carbonyl (C=O) groups excluding carboxylic acids is 2. The molecule has 0 aliphatic heterocycles. The van der Waals surface area contributed by atoms with Crippen molar-refractivity contribution < 1.29 is 41.8 Å². The Morgan fingerprint density at radius 3 is 2.31 bits per heavy atom. The van der Waals surface area contributed by atoms with Gasteiger partial charge in [-0.1, -0.05) is 30.3 Å². The molecule has 4 rings (SSSR count). The Morgan fingerprint density at radius 1 is 0.974 bits per heavy atom. The predicted octanol–water partition coefficient (Wildman–Crippen LogP) is 5.27. The van der Waals surface area contributed by atoms with Gasteiger partial charge in [0, 0.05) is 11.8 Å². The van der Waals surface area contributed by atoms with Gasteiger partial charge in [0.05, 0.1) is 23.8 Å². The third-order valence-corrected chi connectivity index (χ3v) is 5.94. The average Bonchev–Trinajstić information content (AvgIpc) is 2.91. The summed E-state index contributed by atoms with van der Waals surface area (Å²) < 4.78 is 57.5. The van der Waals surface area contributed by atoms with Gasteiger partial charge in [0.2, 0.25) is 0 Å². The van der Waals surface area contributed by atoms with Gasteiger partial charge in [-0.2, -0.15) is 13.2 Å². The molecule has 0 spiro atoms. The van der Waals surface area contributed by atoms with E-state index in [1.165, 1.54) is 54.6 Å². The molecule has 0 aliphatic carbocycles. The van der Waals surface area contributed by atoms with E-state index < -0.39 is 41.4 Å². The van der Waals surface area contributed by atoms with Crippen molar-refractivity contribution in [3.63, 3.8) is 0 Å². The van der Waals surface area contributed by atoms with E-state index in [-0.39, 0.29) is 34.1 Å². The van der Waals surface area contributed by atoms with Crippen molar-refractivity contribution in [2.75, 3.05) is 7.11 Å². The molecular formula is C28H20F4N2O5. The van der Waals surface area contributed by atoms with Crippen molar-refractivity contribution in [3.05, 3.63) is 101 Å². The van der Waals surface area contributed by atoms with Gasteiger partial charge in [0.15, 0.2) is 0 Å². The molecule has 0 bridgehead atoms. The highest BCUT2D eigenvalue weighted by Crippen LogP contribution is 2.33. The zero-order valence-corrected chi connectivity index (χ0v) is 20.3. The molecule has 0 radical (unpaired) electrons. The van der Waals surface area contributed by atoms with Crippen LogP contribution in [-0.4, -0.2) is 41.1 Å². The van der Waals surface area contributed by atoms with Gasteiger partial charge in [-0.15, -0.1) is 0 Å². The van der Waals surface area contributed by atoms with Crippen LogP contribution in [0.25, 0.3) is 22.0 Å². The lowest BCUT2D eigenvalue weighted by atomic mass is 9.98. The number of esters is 1. The molecule has 7 nitrogen and oxygen atoms in total. The van der Waals surface area contributed by atoms with Gasteiger partial charge in [0.1, 0.15) is 17.6 Å². The number of carboxylic acid groups (broad SMARTS) is 1. The highest BCUT2D eigenvalue weighted by atomic mass is 19.4. The number of carbonyl (C=O) groups is 3. The van der Waals surface area contributed by atoms with E-state index in [1.807, 2.05) is 0 Å². The average molecular weight is 540 g/mol. The summed E-state index contributed by atoms with van der Waals surface area (Å²) in [5, 5.41) is 12.4. The first-order valence-electron chi connectivity index (χ1n) is 11.4. The Labute approximate surface area is 219 Å². The van der Waals surface area contributed by atoms with Gasteiger partial charge in [-0.3, -0.25) is 4.79 Å². The number of nitrogens with one attached hydrogen (secondary N) is 1. The molecule has 1 atom stereocenters. The first-order chi connectivity index (χ1) is 18.5. The Bertz CT molecular complexity index is 1570. The van der Waals surface area contributed by atoms with Crippen LogP contribution in [0.15, 0.2) is 72.8 Å². The van der Waals surface area contributed by atoms with Gasteiger partial charge >= 0.3 is 18.1 Å². The fourth-order valence-electron chi connectivity index (χ4n) is 4.00. The number of rotatable bonds is 7. The molecule has 39 heavy (non-hydrogen) atoms. The number of pyridine rings is 1. The molecular weight excluding hydrogens is 520 g/mol. The molecule has 0 saturated heterocycles.